The van der Waals surface area contributed by atoms with E-state index in [4.69, 9.17) is 11.6 Å². The summed E-state index contributed by atoms with van der Waals surface area (Å²) >= 11 is 9.52. The number of anilines is 2. The molecule has 2 N–H and O–H groups in total. The number of nitrogens with one attached hydrogen (secondary N) is 2. The predicted molar refractivity (Wildman–Crippen MR) is 96.8 cm³/mol. The predicted octanol–water partition coefficient (Wildman–Crippen LogP) is 5.16. The van der Waals surface area contributed by atoms with Gasteiger partial charge in [0.15, 0.2) is 0 Å². The Balaban J connectivity index is 1.85. The first-order chi connectivity index (χ1) is 10.5. The topological polar surface area (TPSA) is 41.1 Å². The smallest absolute Gasteiger partial charge is 0.226 e. The Kier molecular flexibility index (Phi) is 5.86. The largest absolute Gasteiger partial charge is 0.384 e. The van der Waals surface area contributed by atoms with E-state index in [9.17, 15) is 4.79 Å². The second-order valence-corrected chi connectivity index (χ2v) is 6.36. The van der Waals surface area contributed by atoms with E-state index in [1.165, 1.54) is 0 Å². The van der Waals surface area contributed by atoms with Crippen LogP contribution in [0.5, 0.6) is 0 Å². The van der Waals surface area contributed by atoms with Crippen molar-refractivity contribution in [2.45, 2.75) is 20.3 Å². The van der Waals surface area contributed by atoms with Crippen molar-refractivity contribution in [2.24, 2.45) is 0 Å². The number of benzene rings is 2. The molecule has 3 nitrogen and oxygen atoms in total. The number of aryl methyl sites for hydroxylation is 1. The Morgan fingerprint density at radius 1 is 1.23 bits per heavy atom. The SMILES string of the molecule is Cc1ccc(NC(=O)CCNc2cccc(Cl)c2C)cc1Br. The molecule has 0 aliphatic rings. The summed E-state index contributed by atoms with van der Waals surface area (Å²) in [6.07, 6.45) is 0.386. The summed E-state index contributed by atoms with van der Waals surface area (Å²) < 4.78 is 0.984. The zero-order valence-electron chi connectivity index (χ0n) is 12.5. The van der Waals surface area contributed by atoms with Crippen LogP contribution in [-0.4, -0.2) is 12.5 Å². The number of rotatable bonds is 5. The summed E-state index contributed by atoms with van der Waals surface area (Å²) in [6.45, 7) is 4.52. The van der Waals surface area contributed by atoms with Crippen molar-refractivity contribution in [1.29, 1.82) is 0 Å². The van der Waals surface area contributed by atoms with E-state index in [0.717, 1.165) is 32.0 Å². The molecule has 22 heavy (non-hydrogen) atoms. The number of hydrogen-bond donors (Lipinski definition) is 2. The first-order valence-corrected chi connectivity index (χ1v) is 8.19. The van der Waals surface area contributed by atoms with Gasteiger partial charge < -0.3 is 10.6 Å². The van der Waals surface area contributed by atoms with Gasteiger partial charge in [-0.2, -0.15) is 0 Å². The van der Waals surface area contributed by atoms with E-state index in [2.05, 4.69) is 26.6 Å². The molecule has 0 unspecified atom stereocenters. The van der Waals surface area contributed by atoms with E-state index in [1.54, 1.807) is 0 Å². The molecule has 0 heterocycles. The molecule has 0 bridgehead atoms. The molecule has 5 heteroatoms. The van der Waals surface area contributed by atoms with Gasteiger partial charge in [0.1, 0.15) is 0 Å². The number of carbonyl (C=O) groups excluding carboxylic acids is 1. The fraction of sp³-hybridized carbons (Fsp3) is 0.235. The molecule has 0 radical (unpaired) electrons. The van der Waals surface area contributed by atoms with Gasteiger partial charge in [0, 0.05) is 33.8 Å². The molecule has 2 aromatic carbocycles. The maximum absolute atomic E-state index is 12.0. The monoisotopic (exact) mass is 380 g/mol. The van der Waals surface area contributed by atoms with Gasteiger partial charge in [0.2, 0.25) is 5.91 Å². The number of amides is 1. The molecule has 0 saturated heterocycles. The van der Waals surface area contributed by atoms with Crippen LogP contribution in [-0.2, 0) is 4.79 Å². The Bertz CT molecular complexity index is 688. The lowest BCUT2D eigenvalue weighted by atomic mass is 10.2. The van der Waals surface area contributed by atoms with E-state index >= 15 is 0 Å². The van der Waals surface area contributed by atoms with Gasteiger partial charge in [-0.15, -0.1) is 0 Å². The van der Waals surface area contributed by atoms with Crippen LogP contribution < -0.4 is 10.6 Å². The van der Waals surface area contributed by atoms with E-state index < -0.39 is 0 Å². The third-order valence-corrected chi connectivity index (χ3v) is 4.65. The summed E-state index contributed by atoms with van der Waals surface area (Å²) in [4.78, 5) is 12.0. The molecule has 0 atom stereocenters. The third kappa shape index (κ3) is 4.49. The molecule has 2 rings (SSSR count). The Labute approximate surface area is 144 Å². The van der Waals surface area contributed by atoms with Crippen molar-refractivity contribution in [2.75, 3.05) is 17.2 Å². The van der Waals surface area contributed by atoms with Crippen molar-refractivity contribution in [1.82, 2.24) is 0 Å². The van der Waals surface area contributed by atoms with Gasteiger partial charge in [-0.3, -0.25) is 4.79 Å². The minimum absolute atomic E-state index is 0.0251. The van der Waals surface area contributed by atoms with E-state index in [0.29, 0.717) is 13.0 Å². The van der Waals surface area contributed by atoms with Crippen molar-refractivity contribution in [3.8, 4) is 0 Å². The van der Waals surface area contributed by atoms with Crippen LogP contribution in [0.1, 0.15) is 17.5 Å². The minimum atomic E-state index is -0.0251. The fourth-order valence-electron chi connectivity index (χ4n) is 2.00. The fourth-order valence-corrected chi connectivity index (χ4v) is 2.56. The molecule has 0 aliphatic heterocycles. The van der Waals surface area contributed by atoms with Crippen LogP contribution in [0.15, 0.2) is 40.9 Å². The molecule has 1 amide bonds. The second kappa shape index (κ2) is 7.65. The van der Waals surface area contributed by atoms with Gasteiger partial charge in [-0.05, 0) is 49.2 Å². The highest BCUT2D eigenvalue weighted by molar-refractivity contribution is 9.10. The zero-order valence-corrected chi connectivity index (χ0v) is 14.9. The summed E-state index contributed by atoms with van der Waals surface area (Å²) in [5, 5.41) is 6.84. The third-order valence-electron chi connectivity index (χ3n) is 3.39. The molecule has 116 valence electrons. The zero-order chi connectivity index (χ0) is 16.1. The first-order valence-electron chi connectivity index (χ1n) is 7.02. The molecule has 0 aliphatic carbocycles. The molecule has 2 aromatic rings. The highest BCUT2D eigenvalue weighted by atomic mass is 79.9. The quantitative estimate of drug-likeness (QED) is 0.751. The molecule has 0 fully saturated rings. The molecular weight excluding hydrogens is 364 g/mol. The van der Waals surface area contributed by atoms with Crippen LogP contribution in [0.3, 0.4) is 0 Å². The highest BCUT2D eigenvalue weighted by Crippen LogP contribution is 2.23. The van der Waals surface area contributed by atoms with Crippen LogP contribution in [0.2, 0.25) is 5.02 Å². The van der Waals surface area contributed by atoms with Crippen LogP contribution in [0.4, 0.5) is 11.4 Å². The maximum Gasteiger partial charge on any atom is 0.226 e. The van der Waals surface area contributed by atoms with Crippen molar-refractivity contribution >= 4 is 44.8 Å². The minimum Gasteiger partial charge on any atom is -0.384 e. The normalized spacial score (nSPS) is 10.4. The summed E-state index contributed by atoms with van der Waals surface area (Å²) in [5.74, 6) is -0.0251. The lowest BCUT2D eigenvalue weighted by Crippen LogP contribution is -2.16. The average molecular weight is 382 g/mol. The van der Waals surface area contributed by atoms with Gasteiger partial charge in [-0.25, -0.2) is 0 Å². The van der Waals surface area contributed by atoms with Gasteiger partial charge in [0.25, 0.3) is 0 Å². The lowest BCUT2D eigenvalue weighted by molar-refractivity contribution is -0.115. The van der Waals surface area contributed by atoms with Crippen LogP contribution >= 0.6 is 27.5 Å². The van der Waals surface area contributed by atoms with Crippen molar-refractivity contribution < 1.29 is 4.79 Å². The Morgan fingerprint density at radius 2 is 2.00 bits per heavy atom. The molecule has 0 aromatic heterocycles. The van der Waals surface area contributed by atoms with Gasteiger partial charge >= 0.3 is 0 Å². The standard InChI is InChI=1S/C17H18BrClN2O/c1-11-6-7-13(10-14(11)18)21-17(22)8-9-20-16-5-3-4-15(19)12(16)2/h3-7,10,20H,8-9H2,1-2H3,(H,21,22). The summed E-state index contributed by atoms with van der Waals surface area (Å²) in [6, 6.07) is 11.5. The van der Waals surface area contributed by atoms with Crippen molar-refractivity contribution in [3.63, 3.8) is 0 Å². The van der Waals surface area contributed by atoms with Gasteiger partial charge in [0.05, 0.1) is 0 Å². The number of hydrogen-bond acceptors (Lipinski definition) is 2. The first kappa shape index (κ1) is 16.8. The summed E-state index contributed by atoms with van der Waals surface area (Å²) in [7, 11) is 0. The summed E-state index contributed by atoms with van der Waals surface area (Å²) in [5.41, 5.74) is 3.88. The number of carbonyl (C=O) groups is 1. The Morgan fingerprint density at radius 3 is 2.73 bits per heavy atom. The lowest BCUT2D eigenvalue weighted by Gasteiger charge is -2.11. The second-order valence-electron chi connectivity index (χ2n) is 5.10. The number of halogens is 2. The van der Waals surface area contributed by atoms with E-state index in [-0.39, 0.29) is 5.91 Å². The molecule has 0 saturated carbocycles. The van der Waals surface area contributed by atoms with Crippen LogP contribution in [0, 0.1) is 13.8 Å². The van der Waals surface area contributed by atoms with Crippen molar-refractivity contribution in [3.05, 3.63) is 57.0 Å². The molecule has 0 spiro atoms. The van der Waals surface area contributed by atoms with E-state index in [1.807, 2.05) is 50.2 Å². The highest BCUT2D eigenvalue weighted by Gasteiger charge is 2.05. The van der Waals surface area contributed by atoms with Gasteiger partial charge in [-0.1, -0.05) is 39.7 Å². The Hall–Kier alpha value is -1.52. The molecular formula is C17H18BrClN2O. The maximum atomic E-state index is 12.0. The average Bonchev–Trinajstić information content (AvgIpc) is 2.47. The van der Waals surface area contributed by atoms with Crippen LogP contribution in [0.25, 0.3) is 0 Å².